The average Bonchev–Trinajstić information content (AvgIpc) is 2.32. The van der Waals surface area contributed by atoms with Crippen LogP contribution in [-0.2, 0) is 9.53 Å². The maximum Gasteiger partial charge on any atom is 0.334 e. The molecule has 0 bridgehead atoms. The van der Waals surface area contributed by atoms with E-state index in [1.54, 1.807) is 0 Å². The topological polar surface area (TPSA) is 29.5 Å². The van der Waals surface area contributed by atoms with Crippen molar-refractivity contribution < 1.29 is 9.53 Å². The first-order valence-corrected chi connectivity index (χ1v) is 6.58. The number of hydrogen-bond acceptors (Lipinski definition) is 3. The minimum absolute atomic E-state index is 0.253. The van der Waals surface area contributed by atoms with Crippen molar-refractivity contribution in [2.75, 3.05) is 26.2 Å². The van der Waals surface area contributed by atoms with Crippen LogP contribution in [0.2, 0.25) is 0 Å². The van der Waals surface area contributed by atoms with E-state index < -0.39 is 0 Å². The Morgan fingerprint density at radius 2 is 1.94 bits per heavy atom. The van der Waals surface area contributed by atoms with Gasteiger partial charge < -0.3 is 4.74 Å². The molecule has 3 heteroatoms. The highest BCUT2D eigenvalue weighted by molar-refractivity contribution is 5.88. The third kappa shape index (κ3) is 4.15. The molecule has 1 aliphatic rings. The van der Waals surface area contributed by atoms with Gasteiger partial charge in [0.05, 0.1) is 6.61 Å². The number of likely N-dealkylation sites (tertiary alicyclic amines) is 1. The van der Waals surface area contributed by atoms with E-state index in [1.165, 1.54) is 19.3 Å². The first-order valence-electron chi connectivity index (χ1n) is 6.58. The molecule has 0 aromatic carbocycles. The van der Waals surface area contributed by atoms with Crippen LogP contribution in [0.4, 0.5) is 0 Å². The highest BCUT2D eigenvalue weighted by Gasteiger charge is 2.28. The van der Waals surface area contributed by atoms with Crippen LogP contribution in [0.1, 0.15) is 40.0 Å². The molecule has 0 aromatic heterocycles. The number of nitrogens with zero attached hydrogens (tertiary/aromatic N) is 1. The van der Waals surface area contributed by atoms with Crippen molar-refractivity contribution in [3.63, 3.8) is 0 Å². The van der Waals surface area contributed by atoms with Crippen molar-refractivity contribution in [2.24, 2.45) is 5.41 Å². The van der Waals surface area contributed by atoms with Crippen molar-refractivity contribution in [1.29, 1.82) is 0 Å². The van der Waals surface area contributed by atoms with E-state index >= 15 is 0 Å². The first-order chi connectivity index (χ1) is 8.00. The molecule has 0 aliphatic carbocycles. The molecule has 1 heterocycles. The fourth-order valence-electron chi connectivity index (χ4n) is 2.17. The molecule has 17 heavy (non-hydrogen) atoms. The van der Waals surface area contributed by atoms with Crippen LogP contribution in [0.25, 0.3) is 0 Å². The fourth-order valence-corrected chi connectivity index (χ4v) is 2.17. The molecular weight excluding hydrogens is 214 g/mol. The first kappa shape index (κ1) is 14.2. The quantitative estimate of drug-likeness (QED) is 0.545. The lowest BCUT2D eigenvalue weighted by molar-refractivity contribution is -0.138. The molecule has 0 saturated carbocycles. The molecule has 1 fully saturated rings. The lowest BCUT2D eigenvalue weighted by Gasteiger charge is -2.38. The molecule has 1 rings (SSSR count). The minimum atomic E-state index is -0.253. The summed E-state index contributed by atoms with van der Waals surface area (Å²) in [6, 6.07) is 0. The summed E-state index contributed by atoms with van der Waals surface area (Å²) in [6.45, 7) is 13.4. The van der Waals surface area contributed by atoms with Crippen molar-refractivity contribution in [3.8, 4) is 0 Å². The van der Waals surface area contributed by atoms with Gasteiger partial charge in [0, 0.05) is 12.1 Å². The maximum absolute atomic E-state index is 11.5. The second-order valence-corrected chi connectivity index (χ2v) is 5.26. The molecule has 0 unspecified atom stereocenters. The molecular formula is C14H25NO2. The van der Waals surface area contributed by atoms with Gasteiger partial charge in [0.15, 0.2) is 0 Å². The van der Waals surface area contributed by atoms with E-state index in [-0.39, 0.29) is 5.97 Å². The summed E-state index contributed by atoms with van der Waals surface area (Å²) in [6.07, 6.45) is 3.65. The van der Waals surface area contributed by atoms with Crippen molar-refractivity contribution in [2.45, 2.75) is 40.0 Å². The van der Waals surface area contributed by atoms with Gasteiger partial charge in [-0.3, -0.25) is 4.90 Å². The average molecular weight is 239 g/mol. The van der Waals surface area contributed by atoms with Gasteiger partial charge in [-0.05, 0) is 38.3 Å². The van der Waals surface area contributed by atoms with Crippen molar-refractivity contribution in [3.05, 3.63) is 12.2 Å². The van der Waals surface area contributed by atoms with Gasteiger partial charge in [0.1, 0.15) is 0 Å². The molecule has 0 spiro atoms. The zero-order chi connectivity index (χ0) is 12.9. The Bertz CT molecular complexity index is 278. The standard InChI is InChI=1S/C14H25NO2/c1-5-14(4)7-9-15(10-8-14)11-12(3)13(16)17-6-2/h3,5-11H2,1-2,4H3. The SMILES string of the molecule is C=C(CN1CCC(C)(CC)CC1)C(=O)OCC. The molecule has 98 valence electrons. The summed E-state index contributed by atoms with van der Waals surface area (Å²) in [5.41, 5.74) is 1.06. The van der Waals surface area contributed by atoms with E-state index in [0.717, 1.165) is 13.1 Å². The minimum Gasteiger partial charge on any atom is -0.463 e. The highest BCUT2D eigenvalue weighted by Crippen LogP contribution is 2.33. The Morgan fingerprint density at radius 1 is 1.35 bits per heavy atom. The van der Waals surface area contributed by atoms with Crippen molar-refractivity contribution >= 4 is 5.97 Å². The number of hydrogen-bond donors (Lipinski definition) is 0. The zero-order valence-electron chi connectivity index (χ0n) is 11.4. The van der Waals surface area contributed by atoms with E-state index in [0.29, 0.717) is 24.1 Å². The second kappa shape index (κ2) is 6.20. The van der Waals surface area contributed by atoms with Crippen LogP contribution in [0.5, 0.6) is 0 Å². The van der Waals surface area contributed by atoms with Gasteiger partial charge in [-0.25, -0.2) is 4.79 Å². The van der Waals surface area contributed by atoms with Crippen LogP contribution in [0.15, 0.2) is 12.2 Å². The summed E-state index contributed by atoms with van der Waals surface area (Å²) >= 11 is 0. The van der Waals surface area contributed by atoms with Gasteiger partial charge >= 0.3 is 5.97 Å². The van der Waals surface area contributed by atoms with E-state index in [4.69, 9.17) is 4.74 Å². The summed E-state index contributed by atoms with van der Waals surface area (Å²) in [7, 11) is 0. The third-order valence-electron chi connectivity index (χ3n) is 3.90. The van der Waals surface area contributed by atoms with Gasteiger partial charge in [0.25, 0.3) is 0 Å². The fraction of sp³-hybridized carbons (Fsp3) is 0.786. The molecule has 0 radical (unpaired) electrons. The van der Waals surface area contributed by atoms with E-state index in [2.05, 4.69) is 25.3 Å². The van der Waals surface area contributed by atoms with Crippen LogP contribution < -0.4 is 0 Å². The van der Waals surface area contributed by atoms with E-state index in [1.807, 2.05) is 6.92 Å². The molecule has 0 aromatic rings. The molecule has 0 amide bonds. The van der Waals surface area contributed by atoms with Crippen molar-refractivity contribution in [1.82, 2.24) is 4.90 Å². The largest absolute Gasteiger partial charge is 0.463 e. The second-order valence-electron chi connectivity index (χ2n) is 5.26. The zero-order valence-corrected chi connectivity index (χ0v) is 11.4. The molecule has 3 nitrogen and oxygen atoms in total. The predicted molar refractivity (Wildman–Crippen MR) is 69.8 cm³/mol. The number of ether oxygens (including phenoxy) is 1. The summed E-state index contributed by atoms with van der Waals surface area (Å²) < 4.78 is 4.94. The Kier molecular flexibility index (Phi) is 5.19. The number of carbonyl (C=O) groups excluding carboxylic acids is 1. The number of piperidine rings is 1. The number of rotatable bonds is 5. The number of carbonyl (C=O) groups is 1. The molecule has 1 saturated heterocycles. The lowest BCUT2D eigenvalue weighted by Crippen LogP contribution is -2.40. The molecule has 0 atom stereocenters. The van der Waals surface area contributed by atoms with Crippen LogP contribution >= 0.6 is 0 Å². The van der Waals surface area contributed by atoms with Gasteiger partial charge in [-0.15, -0.1) is 0 Å². The normalized spacial score (nSPS) is 19.9. The Balaban J connectivity index is 2.35. The van der Waals surface area contributed by atoms with Gasteiger partial charge in [-0.2, -0.15) is 0 Å². The molecule has 0 N–H and O–H groups in total. The van der Waals surface area contributed by atoms with Crippen LogP contribution in [-0.4, -0.2) is 37.1 Å². The Labute approximate surface area is 105 Å². The molecule has 1 aliphatic heterocycles. The van der Waals surface area contributed by atoms with Crippen LogP contribution in [0, 0.1) is 5.41 Å². The Morgan fingerprint density at radius 3 is 2.41 bits per heavy atom. The summed E-state index contributed by atoms with van der Waals surface area (Å²) in [5, 5.41) is 0. The Hall–Kier alpha value is -0.830. The van der Waals surface area contributed by atoms with Gasteiger partial charge in [-0.1, -0.05) is 26.8 Å². The van der Waals surface area contributed by atoms with Gasteiger partial charge in [0.2, 0.25) is 0 Å². The smallest absolute Gasteiger partial charge is 0.334 e. The predicted octanol–water partition coefficient (Wildman–Crippen LogP) is 2.62. The maximum atomic E-state index is 11.5. The number of esters is 1. The summed E-state index contributed by atoms with van der Waals surface area (Å²) in [4.78, 5) is 13.8. The highest BCUT2D eigenvalue weighted by atomic mass is 16.5. The van der Waals surface area contributed by atoms with Crippen LogP contribution in [0.3, 0.4) is 0 Å². The van der Waals surface area contributed by atoms with E-state index in [9.17, 15) is 4.79 Å². The third-order valence-corrected chi connectivity index (χ3v) is 3.90. The summed E-state index contributed by atoms with van der Waals surface area (Å²) in [5.74, 6) is -0.253. The monoisotopic (exact) mass is 239 g/mol. The lowest BCUT2D eigenvalue weighted by atomic mass is 9.78.